The monoisotopic (exact) mass is 361 g/mol. The first-order valence-electron chi connectivity index (χ1n) is 8.35. The lowest BCUT2D eigenvalue weighted by molar-refractivity contribution is 0.305. The van der Waals surface area contributed by atoms with Crippen LogP contribution in [0.25, 0.3) is 0 Å². The summed E-state index contributed by atoms with van der Waals surface area (Å²) in [5, 5.41) is 6.08. The van der Waals surface area contributed by atoms with Gasteiger partial charge in [0.15, 0.2) is 0 Å². The molecular formula is C17H24ClN7. The van der Waals surface area contributed by atoms with Crippen LogP contribution in [0.5, 0.6) is 0 Å². The maximum absolute atomic E-state index is 6.31. The van der Waals surface area contributed by atoms with Gasteiger partial charge in [-0.05, 0) is 44.4 Å². The van der Waals surface area contributed by atoms with E-state index in [9.17, 15) is 0 Å². The molecule has 1 fully saturated rings. The van der Waals surface area contributed by atoms with Crippen LogP contribution in [0.3, 0.4) is 0 Å². The van der Waals surface area contributed by atoms with E-state index in [-0.39, 0.29) is 0 Å². The van der Waals surface area contributed by atoms with Crippen molar-refractivity contribution >= 4 is 23.2 Å². The molecule has 0 spiro atoms. The minimum Gasteiger partial charge on any atom is -0.348 e. The van der Waals surface area contributed by atoms with Gasteiger partial charge in [0.05, 0.1) is 17.7 Å². The number of rotatable bonds is 2. The van der Waals surface area contributed by atoms with Crippen molar-refractivity contribution in [3.8, 4) is 0 Å². The molecule has 134 valence electrons. The van der Waals surface area contributed by atoms with E-state index in [0.717, 1.165) is 48.6 Å². The molecule has 0 radical (unpaired) electrons. The Morgan fingerprint density at radius 2 is 2.08 bits per heavy atom. The maximum Gasteiger partial charge on any atom is 0.237 e. The summed E-state index contributed by atoms with van der Waals surface area (Å²) in [4.78, 5) is 9.72. The van der Waals surface area contributed by atoms with Gasteiger partial charge in [0, 0.05) is 29.7 Å². The first kappa shape index (κ1) is 17.6. The molecule has 2 aromatic rings. The van der Waals surface area contributed by atoms with Gasteiger partial charge >= 0.3 is 0 Å². The second-order valence-electron chi connectivity index (χ2n) is 6.40. The minimum absolute atomic E-state index is 0.445. The van der Waals surface area contributed by atoms with E-state index >= 15 is 0 Å². The Bertz CT molecular complexity index is 762. The number of hydrogen-bond acceptors (Lipinski definition) is 4. The van der Waals surface area contributed by atoms with Crippen LogP contribution in [0, 0.1) is 13.8 Å². The smallest absolute Gasteiger partial charge is 0.237 e. The number of piperidine rings is 1. The Kier molecular flexibility index (Phi) is 5.15. The van der Waals surface area contributed by atoms with Crippen molar-refractivity contribution in [1.29, 1.82) is 0 Å². The number of nitrogens with zero attached hydrogens (tertiary/aromatic N) is 4. The lowest BCUT2D eigenvalue weighted by atomic mass is 9.92. The van der Waals surface area contributed by atoms with E-state index in [2.05, 4.69) is 26.9 Å². The maximum atomic E-state index is 6.31. The molecule has 8 heteroatoms. The molecule has 0 bridgehead atoms. The number of hydrazone groups is 1. The second-order valence-corrected chi connectivity index (χ2v) is 6.84. The normalized spacial score (nSPS) is 16.3. The van der Waals surface area contributed by atoms with Crippen molar-refractivity contribution in [3.05, 3.63) is 46.5 Å². The lowest BCUT2D eigenvalue weighted by Gasteiger charge is -2.36. The molecule has 0 amide bonds. The average molecular weight is 362 g/mol. The number of guanidine groups is 1. The van der Waals surface area contributed by atoms with Gasteiger partial charge < -0.3 is 15.7 Å². The summed E-state index contributed by atoms with van der Waals surface area (Å²) in [7, 11) is 0. The Morgan fingerprint density at radius 3 is 2.68 bits per heavy atom. The summed E-state index contributed by atoms with van der Waals surface area (Å²) < 4.78 is 0. The van der Waals surface area contributed by atoms with Crippen molar-refractivity contribution in [3.63, 3.8) is 0 Å². The van der Waals surface area contributed by atoms with Gasteiger partial charge in [-0.1, -0.05) is 17.7 Å². The van der Waals surface area contributed by atoms with Crippen molar-refractivity contribution in [2.75, 3.05) is 18.1 Å². The Morgan fingerprint density at radius 1 is 1.36 bits per heavy atom. The average Bonchev–Trinajstić information content (AvgIpc) is 3.04. The number of hydrogen-bond donors (Lipinski definition) is 3. The summed E-state index contributed by atoms with van der Waals surface area (Å²) in [5.74, 6) is 13.0. The molecule has 0 unspecified atom stereocenters. The van der Waals surface area contributed by atoms with Crippen molar-refractivity contribution in [1.82, 2.24) is 14.9 Å². The highest BCUT2D eigenvalue weighted by molar-refractivity contribution is 6.31. The van der Waals surface area contributed by atoms with E-state index < -0.39 is 0 Å². The highest BCUT2D eigenvalue weighted by Crippen LogP contribution is 2.29. The van der Waals surface area contributed by atoms with Crippen LogP contribution in [0.15, 0.2) is 29.6 Å². The van der Waals surface area contributed by atoms with Gasteiger partial charge in [-0.25, -0.2) is 15.8 Å². The first-order valence-corrected chi connectivity index (χ1v) is 8.72. The largest absolute Gasteiger partial charge is 0.348 e. The molecule has 7 nitrogen and oxygen atoms in total. The molecule has 0 saturated carbocycles. The van der Waals surface area contributed by atoms with Gasteiger partial charge in [-0.3, -0.25) is 0 Å². The van der Waals surface area contributed by atoms with Crippen molar-refractivity contribution < 1.29 is 0 Å². The van der Waals surface area contributed by atoms with Gasteiger partial charge in [-0.2, -0.15) is 0 Å². The highest BCUT2D eigenvalue weighted by Gasteiger charge is 2.27. The van der Waals surface area contributed by atoms with Crippen LogP contribution in [-0.2, 0) is 0 Å². The fraction of sp³-hybridized carbons (Fsp3) is 0.412. The third-order valence-corrected chi connectivity index (χ3v) is 5.03. The molecule has 3 rings (SSSR count). The number of nitrogens with one attached hydrogen (secondary N) is 1. The standard InChI is InChI=1S/C17H24ClN7/c1-11-3-4-14(18)9-15(11)25(20)17(23-19)24-7-5-13(6-8-24)16-12(2)21-10-22-16/h3-4,9-10,13H,5-8,19-20H2,1-2H3,(H,21,22)/b23-17-. The van der Waals surface area contributed by atoms with Crippen LogP contribution in [0.2, 0.25) is 5.02 Å². The van der Waals surface area contributed by atoms with E-state index in [0.29, 0.717) is 16.9 Å². The van der Waals surface area contributed by atoms with Crippen LogP contribution >= 0.6 is 11.6 Å². The van der Waals surface area contributed by atoms with E-state index in [1.54, 1.807) is 6.33 Å². The molecule has 0 atom stereocenters. The van der Waals surface area contributed by atoms with Gasteiger partial charge in [-0.15, -0.1) is 5.10 Å². The third kappa shape index (κ3) is 3.57. The second kappa shape index (κ2) is 7.33. The number of anilines is 1. The number of nitrogens with two attached hydrogens (primary N) is 2. The number of hydrazine groups is 1. The fourth-order valence-corrected chi connectivity index (χ4v) is 3.55. The number of likely N-dealkylation sites (tertiary alicyclic amines) is 1. The zero-order valence-electron chi connectivity index (χ0n) is 14.5. The van der Waals surface area contributed by atoms with Gasteiger partial charge in [0.25, 0.3) is 0 Å². The Labute approximate surface area is 152 Å². The van der Waals surface area contributed by atoms with E-state index in [1.165, 1.54) is 5.01 Å². The molecule has 1 aromatic carbocycles. The topological polar surface area (TPSA) is 99.6 Å². The van der Waals surface area contributed by atoms with Crippen molar-refractivity contribution in [2.24, 2.45) is 16.8 Å². The minimum atomic E-state index is 0.445. The van der Waals surface area contributed by atoms with Crippen LogP contribution in [0.4, 0.5) is 5.69 Å². The highest BCUT2D eigenvalue weighted by atomic mass is 35.5. The molecule has 1 aliphatic rings. The molecular weight excluding hydrogens is 338 g/mol. The number of H-pyrrole nitrogens is 1. The fourth-order valence-electron chi connectivity index (χ4n) is 3.38. The quantitative estimate of drug-likeness (QED) is 0.330. The first-order chi connectivity index (χ1) is 12.0. The summed E-state index contributed by atoms with van der Waals surface area (Å²) >= 11 is 6.11. The third-order valence-electron chi connectivity index (χ3n) is 4.80. The van der Waals surface area contributed by atoms with Crippen LogP contribution in [-0.4, -0.2) is 33.9 Å². The summed E-state index contributed by atoms with van der Waals surface area (Å²) in [6.07, 6.45) is 3.72. The zero-order chi connectivity index (χ0) is 18.0. The SMILES string of the molecule is Cc1ccc(Cl)cc1N(N)/C(=N\N)N1CCC(c2nc[nH]c2C)CC1. The summed E-state index contributed by atoms with van der Waals surface area (Å²) in [6.45, 7) is 5.68. The Balaban J connectivity index is 1.72. The number of benzene rings is 1. The lowest BCUT2D eigenvalue weighted by Crippen LogP contribution is -2.51. The molecule has 5 N–H and O–H groups in total. The van der Waals surface area contributed by atoms with Gasteiger partial charge in [0.1, 0.15) is 0 Å². The van der Waals surface area contributed by atoms with Crippen molar-refractivity contribution in [2.45, 2.75) is 32.6 Å². The molecule has 1 saturated heterocycles. The molecule has 0 aliphatic carbocycles. The number of imidazole rings is 1. The Hall–Kier alpha value is -2.25. The molecule has 25 heavy (non-hydrogen) atoms. The number of aromatic amines is 1. The predicted octanol–water partition coefficient (Wildman–Crippen LogP) is 2.47. The number of aromatic nitrogens is 2. The zero-order valence-corrected chi connectivity index (χ0v) is 15.3. The number of halogens is 1. The number of aryl methyl sites for hydroxylation is 2. The summed E-state index contributed by atoms with van der Waals surface area (Å²) in [6, 6.07) is 5.59. The molecule has 1 aliphatic heterocycles. The summed E-state index contributed by atoms with van der Waals surface area (Å²) in [5.41, 5.74) is 4.10. The molecule has 2 heterocycles. The van der Waals surface area contributed by atoms with Crippen LogP contribution < -0.4 is 16.7 Å². The predicted molar refractivity (Wildman–Crippen MR) is 101 cm³/mol. The van der Waals surface area contributed by atoms with E-state index in [4.69, 9.17) is 23.3 Å². The van der Waals surface area contributed by atoms with E-state index in [1.807, 2.05) is 25.1 Å². The molecule has 1 aromatic heterocycles. The van der Waals surface area contributed by atoms with Gasteiger partial charge in [0.2, 0.25) is 5.96 Å². The van der Waals surface area contributed by atoms with Crippen LogP contribution in [0.1, 0.15) is 35.7 Å².